The third-order valence-electron chi connectivity index (χ3n) is 3.33. The monoisotopic (exact) mass is 266 g/mol. The van der Waals surface area contributed by atoms with E-state index < -0.39 is 12.1 Å². The molecule has 0 spiro atoms. The van der Waals surface area contributed by atoms with Crippen LogP contribution in [0.25, 0.3) is 0 Å². The van der Waals surface area contributed by atoms with Gasteiger partial charge in [-0.25, -0.2) is 4.98 Å². The van der Waals surface area contributed by atoms with E-state index in [0.29, 0.717) is 5.75 Å². The quantitative estimate of drug-likeness (QED) is 0.852. The van der Waals surface area contributed by atoms with Crippen molar-refractivity contribution in [2.24, 2.45) is 0 Å². The van der Waals surface area contributed by atoms with Gasteiger partial charge in [-0.3, -0.25) is 4.79 Å². The maximum absolute atomic E-state index is 12.6. The molecule has 1 amide bonds. The number of halogens is 1. The normalized spacial score (nSPS) is 17.8. The lowest BCUT2D eigenvalue weighted by molar-refractivity contribution is -0.128. The summed E-state index contributed by atoms with van der Waals surface area (Å²) < 4.78 is 18.1. The Bertz CT molecular complexity index is 416. The van der Waals surface area contributed by atoms with Crippen molar-refractivity contribution in [3.63, 3.8) is 0 Å². The average molecular weight is 266 g/mol. The zero-order chi connectivity index (χ0) is 13.7. The summed E-state index contributed by atoms with van der Waals surface area (Å²) >= 11 is 0. The highest BCUT2D eigenvalue weighted by Crippen LogP contribution is 2.18. The molecule has 0 radical (unpaired) electrons. The van der Waals surface area contributed by atoms with Crippen LogP contribution in [0.2, 0.25) is 0 Å². The number of carbonyl (C=O) groups excluding carboxylic acids is 1. The summed E-state index contributed by atoms with van der Waals surface area (Å²) in [7, 11) is 0. The number of ether oxygens (including phenoxy) is 1. The molecule has 4 nitrogen and oxygen atoms in total. The molecule has 1 N–H and O–H groups in total. The second kappa shape index (κ2) is 6.50. The van der Waals surface area contributed by atoms with Crippen molar-refractivity contribution in [2.75, 3.05) is 0 Å². The van der Waals surface area contributed by atoms with Gasteiger partial charge < -0.3 is 10.1 Å². The summed E-state index contributed by atoms with van der Waals surface area (Å²) in [4.78, 5) is 15.4. The summed E-state index contributed by atoms with van der Waals surface area (Å²) in [6.07, 6.45) is 6.34. The molecule has 0 saturated heterocycles. The standard InChI is InChI=1S/C14H19FN2O2/c1-10(19-12-7-8-13(15)16-9-12)14(18)17-11-5-3-2-4-6-11/h7-11H,2-6H2,1H3,(H,17,18). The molecule has 1 heterocycles. The van der Waals surface area contributed by atoms with Gasteiger partial charge in [-0.1, -0.05) is 19.3 Å². The van der Waals surface area contributed by atoms with Crippen LogP contribution in [0.5, 0.6) is 5.75 Å². The first-order chi connectivity index (χ1) is 9.15. The van der Waals surface area contributed by atoms with Gasteiger partial charge in [0, 0.05) is 6.04 Å². The van der Waals surface area contributed by atoms with Gasteiger partial charge in [-0.05, 0) is 31.9 Å². The van der Waals surface area contributed by atoms with Crippen molar-refractivity contribution in [2.45, 2.75) is 51.2 Å². The second-order valence-corrected chi connectivity index (χ2v) is 4.92. The Balaban J connectivity index is 1.83. The number of hydrogen-bond donors (Lipinski definition) is 1. The first-order valence-electron chi connectivity index (χ1n) is 6.74. The fourth-order valence-electron chi connectivity index (χ4n) is 2.26. The minimum Gasteiger partial charge on any atom is -0.479 e. The first-order valence-corrected chi connectivity index (χ1v) is 6.74. The van der Waals surface area contributed by atoms with E-state index in [2.05, 4.69) is 10.3 Å². The zero-order valence-electron chi connectivity index (χ0n) is 11.1. The van der Waals surface area contributed by atoms with Crippen molar-refractivity contribution in [3.05, 3.63) is 24.3 Å². The summed E-state index contributed by atoms with van der Waals surface area (Å²) in [5.74, 6) is -0.296. The number of nitrogens with zero attached hydrogens (tertiary/aromatic N) is 1. The molecule has 5 heteroatoms. The predicted molar refractivity (Wildman–Crippen MR) is 69.3 cm³/mol. The van der Waals surface area contributed by atoms with Crippen LogP contribution in [0.15, 0.2) is 18.3 Å². The van der Waals surface area contributed by atoms with E-state index in [9.17, 15) is 9.18 Å². The molecule has 0 aliphatic heterocycles. The Morgan fingerprint density at radius 1 is 1.42 bits per heavy atom. The van der Waals surface area contributed by atoms with Crippen molar-refractivity contribution in [3.8, 4) is 5.75 Å². The van der Waals surface area contributed by atoms with Crippen molar-refractivity contribution < 1.29 is 13.9 Å². The van der Waals surface area contributed by atoms with Crippen molar-refractivity contribution in [1.29, 1.82) is 0 Å². The Hall–Kier alpha value is -1.65. The summed E-state index contributed by atoms with van der Waals surface area (Å²) in [6, 6.07) is 2.94. The largest absolute Gasteiger partial charge is 0.479 e. The maximum atomic E-state index is 12.6. The Morgan fingerprint density at radius 3 is 2.79 bits per heavy atom. The number of amides is 1. The molecular weight excluding hydrogens is 247 g/mol. The molecular formula is C14H19FN2O2. The van der Waals surface area contributed by atoms with Crippen LogP contribution in [0, 0.1) is 5.95 Å². The molecule has 1 saturated carbocycles. The molecule has 1 fully saturated rings. The molecule has 0 bridgehead atoms. The zero-order valence-corrected chi connectivity index (χ0v) is 11.1. The fourth-order valence-corrected chi connectivity index (χ4v) is 2.26. The lowest BCUT2D eigenvalue weighted by Crippen LogP contribution is -2.43. The molecule has 0 aromatic carbocycles. The van der Waals surface area contributed by atoms with E-state index in [1.54, 1.807) is 6.92 Å². The number of carbonyl (C=O) groups is 1. The highest BCUT2D eigenvalue weighted by Gasteiger charge is 2.20. The summed E-state index contributed by atoms with van der Waals surface area (Å²) in [6.45, 7) is 1.68. The first kappa shape index (κ1) is 13.8. The predicted octanol–water partition coefficient (Wildman–Crippen LogP) is 2.44. The second-order valence-electron chi connectivity index (χ2n) is 4.92. The van der Waals surface area contributed by atoms with Crippen LogP contribution >= 0.6 is 0 Å². The molecule has 19 heavy (non-hydrogen) atoms. The molecule has 1 atom stereocenters. The summed E-state index contributed by atoms with van der Waals surface area (Å²) in [5.41, 5.74) is 0. The molecule has 1 aromatic rings. The number of rotatable bonds is 4. The number of hydrogen-bond acceptors (Lipinski definition) is 3. The smallest absolute Gasteiger partial charge is 0.260 e. The minimum absolute atomic E-state index is 0.128. The molecule has 1 aliphatic rings. The number of nitrogens with one attached hydrogen (secondary N) is 1. The number of pyridine rings is 1. The van der Waals surface area contributed by atoms with Gasteiger partial charge in [0.15, 0.2) is 6.10 Å². The molecule has 104 valence electrons. The van der Waals surface area contributed by atoms with E-state index in [0.717, 1.165) is 12.8 Å². The van der Waals surface area contributed by atoms with Gasteiger partial charge in [0.25, 0.3) is 5.91 Å². The van der Waals surface area contributed by atoms with Crippen molar-refractivity contribution in [1.82, 2.24) is 10.3 Å². The Morgan fingerprint density at radius 2 is 2.16 bits per heavy atom. The van der Waals surface area contributed by atoms with Crippen LogP contribution in [0.1, 0.15) is 39.0 Å². The van der Waals surface area contributed by atoms with Crippen LogP contribution in [-0.4, -0.2) is 23.0 Å². The third-order valence-corrected chi connectivity index (χ3v) is 3.33. The van der Waals surface area contributed by atoms with E-state index in [4.69, 9.17) is 4.74 Å². The highest BCUT2D eigenvalue weighted by molar-refractivity contribution is 5.81. The van der Waals surface area contributed by atoms with Crippen LogP contribution in [-0.2, 0) is 4.79 Å². The van der Waals surface area contributed by atoms with Gasteiger partial charge in [-0.15, -0.1) is 0 Å². The van der Waals surface area contributed by atoms with Gasteiger partial charge in [0.1, 0.15) is 5.75 Å². The molecule has 1 unspecified atom stereocenters. The summed E-state index contributed by atoms with van der Waals surface area (Å²) in [5, 5.41) is 2.99. The Labute approximate surface area is 112 Å². The fraction of sp³-hybridized carbons (Fsp3) is 0.571. The number of aromatic nitrogens is 1. The lowest BCUT2D eigenvalue weighted by atomic mass is 9.95. The van der Waals surface area contributed by atoms with Crippen LogP contribution in [0.4, 0.5) is 4.39 Å². The van der Waals surface area contributed by atoms with Gasteiger partial charge in [0.05, 0.1) is 6.20 Å². The van der Waals surface area contributed by atoms with Crippen LogP contribution < -0.4 is 10.1 Å². The van der Waals surface area contributed by atoms with Gasteiger partial charge >= 0.3 is 0 Å². The maximum Gasteiger partial charge on any atom is 0.260 e. The Kier molecular flexibility index (Phi) is 4.71. The van der Waals surface area contributed by atoms with Crippen molar-refractivity contribution >= 4 is 5.91 Å². The van der Waals surface area contributed by atoms with E-state index in [1.807, 2.05) is 0 Å². The van der Waals surface area contributed by atoms with Crippen LogP contribution in [0.3, 0.4) is 0 Å². The third kappa shape index (κ3) is 4.19. The van der Waals surface area contributed by atoms with E-state index >= 15 is 0 Å². The molecule has 1 aliphatic carbocycles. The molecule has 1 aromatic heterocycles. The lowest BCUT2D eigenvalue weighted by Gasteiger charge is -2.24. The van der Waals surface area contributed by atoms with E-state index in [1.165, 1.54) is 37.6 Å². The van der Waals surface area contributed by atoms with Gasteiger partial charge in [-0.2, -0.15) is 4.39 Å². The minimum atomic E-state index is -0.603. The highest BCUT2D eigenvalue weighted by atomic mass is 19.1. The SMILES string of the molecule is CC(Oc1ccc(F)nc1)C(=O)NC1CCCCC1. The van der Waals surface area contributed by atoms with E-state index in [-0.39, 0.29) is 11.9 Å². The topological polar surface area (TPSA) is 51.2 Å². The van der Waals surface area contributed by atoms with Gasteiger partial charge in [0.2, 0.25) is 5.95 Å². The average Bonchev–Trinajstić information content (AvgIpc) is 2.42. The molecule has 2 rings (SSSR count).